The minimum Gasteiger partial charge on any atom is -0.339 e. The van der Waals surface area contributed by atoms with E-state index in [0.717, 1.165) is 29.3 Å². The largest absolute Gasteiger partial charge is 0.339 e. The SMILES string of the molecule is Cc1ccc(-c2noc(CCC(C)(C)CCN)n2)cc1Br. The van der Waals surface area contributed by atoms with Gasteiger partial charge >= 0.3 is 0 Å². The second kappa shape index (κ2) is 6.71. The number of aryl methyl sites for hydroxylation is 2. The van der Waals surface area contributed by atoms with E-state index in [2.05, 4.69) is 46.8 Å². The van der Waals surface area contributed by atoms with Crippen molar-refractivity contribution in [3.8, 4) is 11.4 Å². The molecule has 2 aromatic rings. The molecule has 0 aliphatic rings. The van der Waals surface area contributed by atoms with Gasteiger partial charge in [-0.25, -0.2) is 0 Å². The molecule has 0 spiro atoms. The third-order valence-corrected chi connectivity index (χ3v) is 4.59. The molecule has 0 amide bonds. The van der Waals surface area contributed by atoms with E-state index in [9.17, 15) is 0 Å². The minimum absolute atomic E-state index is 0.205. The molecule has 0 radical (unpaired) electrons. The maximum Gasteiger partial charge on any atom is 0.226 e. The predicted molar refractivity (Wildman–Crippen MR) is 87.9 cm³/mol. The fourth-order valence-electron chi connectivity index (χ4n) is 2.17. The van der Waals surface area contributed by atoms with Gasteiger partial charge in [-0.15, -0.1) is 0 Å². The summed E-state index contributed by atoms with van der Waals surface area (Å²) in [5.74, 6) is 1.33. The van der Waals surface area contributed by atoms with Crippen molar-refractivity contribution in [3.63, 3.8) is 0 Å². The summed E-state index contributed by atoms with van der Waals surface area (Å²) in [6, 6.07) is 6.06. The molecule has 0 fully saturated rings. The van der Waals surface area contributed by atoms with Gasteiger partial charge in [0.25, 0.3) is 0 Å². The monoisotopic (exact) mass is 351 g/mol. The molecule has 0 aliphatic carbocycles. The van der Waals surface area contributed by atoms with Crippen LogP contribution in [0.25, 0.3) is 11.4 Å². The third-order valence-electron chi connectivity index (χ3n) is 3.73. The second-order valence-corrected chi connectivity index (χ2v) is 7.03. The van der Waals surface area contributed by atoms with Crippen LogP contribution < -0.4 is 5.73 Å². The van der Waals surface area contributed by atoms with Crippen LogP contribution in [-0.2, 0) is 6.42 Å². The summed E-state index contributed by atoms with van der Waals surface area (Å²) in [6.07, 6.45) is 2.77. The van der Waals surface area contributed by atoms with Crippen molar-refractivity contribution >= 4 is 15.9 Å². The Morgan fingerprint density at radius 3 is 2.71 bits per heavy atom. The standard InChI is InChI=1S/C16H22BrN3O/c1-11-4-5-12(10-13(11)17)15-19-14(21-20-15)6-7-16(2,3)8-9-18/h4-5,10H,6-9,18H2,1-3H3. The van der Waals surface area contributed by atoms with E-state index in [4.69, 9.17) is 10.3 Å². The van der Waals surface area contributed by atoms with Crippen LogP contribution in [0.15, 0.2) is 27.2 Å². The fraction of sp³-hybridized carbons (Fsp3) is 0.500. The van der Waals surface area contributed by atoms with Crippen molar-refractivity contribution in [1.29, 1.82) is 0 Å². The molecule has 5 heteroatoms. The molecule has 2 rings (SSSR count). The van der Waals surface area contributed by atoms with Crippen LogP contribution in [0, 0.1) is 12.3 Å². The van der Waals surface area contributed by atoms with Crippen molar-refractivity contribution in [2.75, 3.05) is 6.54 Å². The zero-order valence-corrected chi connectivity index (χ0v) is 14.4. The summed E-state index contributed by atoms with van der Waals surface area (Å²) < 4.78 is 6.41. The number of hydrogen-bond donors (Lipinski definition) is 1. The average Bonchev–Trinajstić information content (AvgIpc) is 2.89. The first-order valence-corrected chi connectivity index (χ1v) is 8.00. The molecule has 0 bridgehead atoms. The molecule has 21 heavy (non-hydrogen) atoms. The molecule has 1 aromatic heterocycles. The Hall–Kier alpha value is -1.20. The zero-order valence-electron chi connectivity index (χ0n) is 12.8. The number of aromatic nitrogens is 2. The molecular formula is C16H22BrN3O. The van der Waals surface area contributed by atoms with E-state index in [1.54, 1.807) is 0 Å². The summed E-state index contributed by atoms with van der Waals surface area (Å²) >= 11 is 3.53. The van der Waals surface area contributed by atoms with Crippen molar-refractivity contribution in [2.24, 2.45) is 11.1 Å². The normalized spacial score (nSPS) is 11.9. The number of nitrogens with zero attached hydrogens (tertiary/aromatic N) is 2. The third kappa shape index (κ3) is 4.38. The van der Waals surface area contributed by atoms with E-state index < -0.39 is 0 Å². The lowest BCUT2D eigenvalue weighted by Crippen LogP contribution is -2.17. The Labute approximate surface area is 134 Å². The van der Waals surface area contributed by atoms with E-state index in [0.29, 0.717) is 18.3 Å². The number of rotatable bonds is 6. The van der Waals surface area contributed by atoms with Crippen LogP contribution >= 0.6 is 15.9 Å². The Bertz CT molecular complexity index is 607. The van der Waals surface area contributed by atoms with Crippen LogP contribution in [0.2, 0.25) is 0 Å². The van der Waals surface area contributed by atoms with Crippen LogP contribution in [0.5, 0.6) is 0 Å². The molecule has 0 saturated heterocycles. The van der Waals surface area contributed by atoms with E-state index >= 15 is 0 Å². The lowest BCUT2D eigenvalue weighted by Gasteiger charge is -2.22. The number of halogens is 1. The van der Waals surface area contributed by atoms with Gasteiger partial charge in [0.1, 0.15) is 0 Å². The lowest BCUT2D eigenvalue weighted by atomic mass is 9.84. The molecule has 1 heterocycles. The average molecular weight is 352 g/mol. The number of nitrogens with two attached hydrogens (primary N) is 1. The maximum atomic E-state index is 5.63. The van der Waals surface area contributed by atoms with E-state index in [1.807, 2.05) is 18.2 Å². The van der Waals surface area contributed by atoms with Gasteiger partial charge in [-0.1, -0.05) is 47.1 Å². The van der Waals surface area contributed by atoms with Gasteiger partial charge in [-0.2, -0.15) is 4.98 Å². The van der Waals surface area contributed by atoms with Crippen LogP contribution in [0.4, 0.5) is 0 Å². The van der Waals surface area contributed by atoms with Gasteiger partial charge in [0, 0.05) is 16.5 Å². The highest BCUT2D eigenvalue weighted by Crippen LogP contribution is 2.27. The molecule has 2 N–H and O–H groups in total. The van der Waals surface area contributed by atoms with E-state index in [-0.39, 0.29) is 5.41 Å². The first kappa shape index (κ1) is 16.2. The highest BCUT2D eigenvalue weighted by molar-refractivity contribution is 9.10. The van der Waals surface area contributed by atoms with Crippen LogP contribution in [-0.4, -0.2) is 16.7 Å². The highest BCUT2D eigenvalue weighted by atomic mass is 79.9. The summed E-state index contributed by atoms with van der Waals surface area (Å²) in [7, 11) is 0. The van der Waals surface area contributed by atoms with Gasteiger partial charge in [0.15, 0.2) is 0 Å². The molecule has 1 aromatic carbocycles. The summed E-state index contributed by atoms with van der Waals surface area (Å²) in [5, 5.41) is 4.07. The second-order valence-electron chi connectivity index (χ2n) is 6.18. The van der Waals surface area contributed by atoms with Gasteiger partial charge in [0.2, 0.25) is 11.7 Å². The summed E-state index contributed by atoms with van der Waals surface area (Å²) in [5.41, 5.74) is 7.99. The quantitative estimate of drug-likeness (QED) is 0.850. The van der Waals surface area contributed by atoms with Crippen molar-refractivity contribution in [2.45, 2.75) is 40.0 Å². The van der Waals surface area contributed by atoms with Crippen LogP contribution in [0.1, 0.15) is 38.1 Å². The molecule has 0 unspecified atom stereocenters. The number of hydrogen-bond acceptors (Lipinski definition) is 4. The van der Waals surface area contributed by atoms with Gasteiger partial charge in [-0.05, 0) is 43.4 Å². The molecule has 4 nitrogen and oxygen atoms in total. The Balaban J connectivity index is 2.06. The Morgan fingerprint density at radius 1 is 1.29 bits per heavy atom. The van der Waals surface area contributed by atoms with Gasteiger partial charge < -0.3 is 10.3 Å². The van der Waals surface area contributed by atoms with Crippen molar-refractivity contribution < 1.29 is 4.52 Å². The summed E-state index contributed by atoms with van der Waals surface area (Å²) in [4.78, 5) is 4.48. The van der Waals surface area contributed by atoms with E-state index in [1.165, 1.54) is 5.56 Å². The Kier molecular flexibility index (Phi) is 5.17. The minimum atomic E-state index is 0.205. The smallest absolute Gasteiger partial charge is 0.226 e. The highest BCUT2D eigenvalue weighted by Gasteiger charge is 2.19. The van der Waals surface area contributed by atoms with Gasteiger partial charge in [-0.3, -0.25) is 0 Å². The zero-order chi connectivity index (χ0) is 15.5. The molecule has 0 atom stereocenters. The molecule has 0 aliphatic heterocycles. The maximum absolute atomic E-state index is 5.63. The Morgan fingerprint density at radius 2 is 2.05 bits per heavy atom. The topological polar surface area (TPSA) is 64.9 Å². The number of benzene rings is 1. The molecular weight excluding hydrogens is 330 g/mol. The first-order chi connectivity index (χ1) is 9.91. The van der Waals surface area contributed by atoms with Crippen LogP contribution in [0.3, 0.4) is 0 Å². The van der Waals surface area contributed by atoms with Crippen molar-refractivity contribution in [3.05, 3.63) is 34.1 Å². The molecule has 114 valence electrons. The van der Waals surface area contributed by atoms with Gasteiger partial charge in [0.05, 0.1) is 0 Å². The lowest BCUT2D eigenvalue weighted by molar-refractivity contribution is 0.289. The predicted octanol–water partition coefficient (Wildman–Crippen LogP) is 4.12. The first-order valence-electron chi connectivity index (χ1n) is 7.20. The fourth-order valence-corrected chi connectivity index (χ4v) is 2.55. The van der Waals surface area contributed by atoms with Crippen molar-refractivity contribution in [1.82, 2.24) is 10.1 Å². The molecule has 0 saturated carbocycles. The summed E-state index contributed by atoms with van der Waals surface area (Å²) in [6.45, 7) is 7.19.